The van der Waals surface area contributed by atoms with E-state index in [9.17, 15) is 8.78 Å². The number of quaternary nitrogens is 1. The molecular weight excluding hydrogens is 376 g/mol. The van der Waals surface area contributed by atoms with Crippen molar-refractivity contribution in [3.8, 4) is 11.5 Å². The lowest BCUT2D eigenvalue weighted by molar-refractivity contribution is -0.888. The summed E-state index contributed by atoms with van der Waals surface area (Å²) in [5, 5.41) is 7.17. The highest BCUT2D eigenvalue weighted by Crippen LogP contribution is 2.49. The summed E-state index contributed by atoms with van der Waals surface area (Å²) in [7, 11) is 2.21. The van der Waals surface area contributed by atoms with Crippen LogP contribution in [-0.4, -0.2) is 43.2 Å². The van der Waals surface area contributed by atoms with E-state index in [1.165, 1.54) is 4.90 Å². The maximum atomic E-state index is 12.4. The van der Waals surface area contributed by atoms with E-state index in [1.807, 2.05) is 18.2 Å². The number of rotatable bonds is 3. The van der Waals surface area contributed by atoms with Crippen molar-refractivity contribution in [1.29, 1.82) is 0 Å². The van der Waals surface area contributed by atoms with Crippen molar-refractivity contribution in [2.75, 3.05) is 20.1 Å². The van der Waals surface area contributed by atoms with Crippen LogP contribution in [0.15, 0.2) is 53.6 Å². The first-order valence-corrected chi connectivity index (χ1v) is 10.1. The van der Waals surface area contributed by atoms with Crippen molar-refractivity contribution in [2.24, 2.45) is 5.10 Å². The minimum Gasteiger partial charge on any atom is -0.466 e. The number of para-hydroxylation sites is 1. The molecule has 0 saturated carbocycles. The van der Waals surface area contributed by atoms with E-state index in [2.05, 4.69) is 22.9 Å². The number of nitrogens with one attached hydrogen (secondary N) is 1. The third-order valence-electron chi connectivity index (χ3n) is 6.20. The lowest BCUT2D eigenvalue weighted by atomic mass is 9.91. The summed E-state index contributed by atoms with van der Waals surface area (Å²) < 4.78 is 35.9. The van der Waals surface area contributed by atoms with Crippen LogP contribution in [-0.2, 0) is 0 Å². The standard InChI is InChI=1S/C22H23F2N3O2/c1-26-12-10-22(11-13-26)27-19(17-4-2-3-5-20(17)29-22)14-18(25-27)15-6-8-16(9-7-15)28-21(23)24/h2-9,19,21H,10-14H2,1H3/p+1/t19-/m1/s1. The number of alkyl halides is 2. The average Bonchev–Trinajstić information content (AvgIpc) is 3.17. The summed E-state index contributed by atoms with van der Waals surface area (Å²) in [6, 6.07) is 15.1. The second-order valence-corrected chi connectivity index (χ2v) is 8.06. The lowest BCUT2D eigenvalue weighted by Crippen LogP contribution is -3.11. The summed E-state index contributed by atoms with van der Waals surface area (Å²) in [6.07, 6.45) is 2.60. The fourth-order valence-electron chi connectivity index (χ4n) is 4.63. The van der Waals surface area contributed by atoms with E-state index >= 15 is 0 Å². The molecule has 29 heavy (non-hydrogen) atoms. The van der Waals surface area contributed by atoms with Crippen LogP contribution in [0.5, 0.6) is 11.5 Å². The number of ether oxygens (including phenoxy) is 2. The van der Waals surface area contributed by atoms with Gasteiger partial charge in [-0.25, -0.2) is 5.01 Å². The number of fused-ring (bicyclic) bond motifs is 4. The Labute approximate surface area is 168 Å². The number of hydrogen-bond acceptors (Lipinski definition) is 4. The number of hydrogen-bond donors (Lipinski definition) is 1. The zero-order valence-corrected chi connectivity index (χ0v) is 16.3. The predicted molar refractivity (Wildman–Crippen MR) is 104 cm³/mol. The monoisotopic (exact) mass is 400 g/mol. The van der Waals surface area contributed by atoms with Gasteiger partial charge in [0.1, 0.15) is 11.5 Å². The van der Waals surface area contributed by atoms with E-state index < -0.39 is 12.3 Å². The maximum Gasteiger partial charge on any atom is 0.387 e. The Morgan fingerprint density at radius 2 is 1.86 bits per heavy atom. The third-order valence-corrected chi connectivity index (χ3v) is 6.20. The van der Waals surface area contributed by atoms with Crippen molar-refractivity contribution in [1.82, 2.24) is 5.01 Å². The van der Waals surface area contributed by atoms with E-state index in [-0.39, 0.29) is 11.8 Å². The molecule has 7 heteroatoms. The summed E-state index contributed by atoms with van der Waals surface area (Å²) in [4.78, 5) is 1.51. The SMILES string of the molecule is C[NH+]1CCC2(CC1)Oc1ccccc1[C@H]1CC(c3ccc(OC(F)F)cc3)=NN12. The van der Waals surface area contributed by atoms with Gasteiger partial charge in [-0.15, -0.1) is 0 Å². The quantitative estimate of drug-likeness (QED) is 0.861. The number of benzene rings is 2. The Morgan fingerprint density at radius 1 is 1.14 bits per heavy atom. The summed E-state index contributed by atoms with van der Waals surface area (Å²) >= 11 is 0. The Kier molecular flexibility index (Phi) is 4.42. The van der Waals surface area contributed by atoms with Gasteiger partial charge >= 0.3 is 6.61 Å². The van der Waals surface area contributed by atoms with Gasteiger partial charge in [0.2, 0.25) is 5.72 Å². The van der Waals surface area contributed by atoms with Crippen LogP contribution in [0.3, 0.4) is 0 Å². The molecule has 5 rings (SSSR count). The molecule has 5 nitrogen and oxygen atoms in total. The highest BCUT2D eigenvalue weighted by atomic mass is 19.3. The number of nitrogens with zero attached hydrogens (tertiary/aromatic N) is 2. The molecule has 152 valence electrons. The van der Waals surface area contributed by atoms with Gasteiger partial charge in [-0.05, 0) is 35.9 Å². The molecule has 2 aromatic rings. The van der Waals surface area contributed by atoms with Crippen LogP contribution in [0.4, 0.5) is 8.78 Å². The molecule has 3 heterocycles. The number of likely N-dealkylation sites (tertiary alicyclic amines) is 1. The first-order valence-electron chi connectivity index (χ1n) is 10.1. The highest BCUT2D eigenvalue weighted by molar-refractivity contribution is 6.02. The van der Waals surface area contributed by atoms with Gasteiger partial charge in [0, 0.05) is 12.0 Å². The number of halogens is 2. The van der Waals surface area contributed by atoms with Crippen LogP contribution < -0.4 is 14.4 Å². The van der Waals surface area contributed by atoms with Gasteiger partial charge in [0.25, 0.3) is 0 Å². The molecule has 1 N–H and O–H groups in total. The molecule has 0 unspecified atom stereocenters. The van der Waals surface area contributed by atoms with Crippen LogP contribution >= 0.6 is 0 Å². The van der Waals surface area contributed by atoms with Gasteiger partial charge in [0.15, 0.2) is 0 Å². The number of piperidine rings is 1. The summed E-state index contributed by atoms with van der Waals surface area (Å²) in [5.41, 5.74) is 2.61. The normalized spacial score (nSPS) is 28.0. The zero-order valence-electron chi connectivity index (χ0n) is 16.3. The maximum absolute atomic E-state index is 12.4. The van der Waals surface area contributed by atoms with Gasteiger partial charge in [-0.3, -0.25) is 0 Å². The van der Waals surface area contributed by atoms with Crippen LogP contribution in [0.2, 0.25) is 0 Å². The van der Waals surface area contributed by atoms with E-state index in [1.54, 1.807) is 24.3 Å². The molecule has 2 aromatic carbocycles. The molecule has 0 amide bonds. The first kappa shape index (κ1) is 18.4. The zero-order chi connectivity index (χ0) is 20.0. The summed E-state index contributed by atoms with van der Waals surface area (Å²) in [6.45, 7) is -0.745. The van der Waals surface area contributed by atoms with Gasteiger partial charge in [0.05, 0.1) is 44.7 Å². The molecule has 1 fully saturated rings. The lowest BCUT2D eigenvalue weighted by Gasteiger charge is -2.49. The Hall–Kier alpha value is -2.67. The second-order valence-electron chi connectivity index (χ2n) is 8.06. The molecule has 1 atom stereocenters. The van der Waals surface area contributed by atoms with Gasteiger partial charge in [-0.2, -0.15) is 13.9 Å². The largest absolute Gasteiger partial charge is 0.466 e. The van der Waals surface area contributed by atoms with E-state index in [0.29, 0.717) is 0 Å². The topological polar surface area (TPSA) is 38.5 Å². The van der Waals surface area contributed by atoms with Crippen molar-refractivity contribution in [3.05, 3.63) is 59.7 Å². The molecular formula is C22H24F2N3O2+. The molecule has 1 saturated heterocycles. The predicted octanol–water partition coefficient (Wildman–Crippen LogP) is 2.84. The van der Waals surface area contributed by atoms with Crippen LogP contribution in [0, 0.1) is 0 Å². The molecule has 3 aliphatic rings. The van der Waals surface area contributed by atoms with Crippen LogP contribution in [0.25, 0.3) is 0 Å². The minimum atomic E-state index is -2.82. The van der Waals surface area contributed by atoms with Gasteiger partial charge in [-0.1, -0.05) is 18.2 Å². The van der Waals surface area contributed by atoms with Crippen molar-refractivity contribution >= 4 is 5.71 Å². The molecule has 0 bridgehead atoms. The van der Waals surface area contributed by atoms with E-state index in [4.69, 9.17) is 9.84 Å². The molecule has 0 radical (unpaired) electrons. The highest BCUT2D eigenvalue weighted by Gasteiger charge is 2.52. The molecule has 0 aliphatic carbocycles. The molecule has 3 aliphatic heterocycles. The fraction of sp³-hybridized carbons (Fsp3) is 0.409. The Bertz CT molecular complexity index is 924. The minimum absolute atomic E-state index is 0.130. The third kappa shape index (κ3) is 3.23. The average molecular weight is 400 g/mol. The van der Waals surface area contributed by atoms with Crippen molar-refractivity contribution in [3.63, 3.8) is 0 Å². The van der Waals surface area contributed by atoms with E-state index in [0.717, 1.165) is 54.9 Å². The van der Waals surface area contributed by atoms with Crippen LogP contribution in [0.1, 0.15) is 36.4 Å². The van der Waals surface area contributed by atoms with Crippen molar-refractivity contribution < 1.29 is 23.2 Å². The fourth-order valence-corrected chi connectivity index (χ4v) is 4.63. The first-order chi connectivity index (χ1) is 14.0. The Morgan fingerprint density at radius 3 is 2.59 bits per heavy atom. The Balaban J connectivity index is 1.49. The summed E-state index contributed by atoms with van der Waals surface area (Å²) in [5.74, 6) is 1.11. The van der Waals surface area contributed by atoms with Gasteiger partial charge < -0.3 is 14.4 Å². The molecule has 0 aromatic heterocycles. The van der Waals surface area contributed by atoms with Crippen molar-refractivity contribution in [2.45, 2.75) is 37.6 Å². The smallest absolute Gasteiger partial charge is 0.387 e. The molecule has 1 spiro atoms. The second kappa shape index (κ2) is 6.99. The number of hydrazone groups is 1.